The van der Waals surface area contributed by atoms with Crippen LogP contribution in [0.3, 0.4) is 0 Å². The molecule has 4 nitrogen and oxygen atoms in total. The van der Waals surface area contributed by atoms with Gasteiger partial charge in [-0.25, -0.2) is 9.59 Å². The third kappa shape index (κ3) is 2.73. The number of hydrogen-bond acceptors (Lipinski definition) is 4. The molecule has 1 aliphatic rings. The Kier molecular flexibility index (Phi) is 4.19. The minimum atomic E-state index is -1.63. The molecule has 1 aromatic carbocycles. The first-order chi connectivity index (χ1) is 9.17. The second-order valence-electron chi connectivity index (χ2n) is 4.80. The van der Waals surface area contributed by atoms with Gasteiger partial charge in [-0.2, -0.15) is 0 Å². The Hall–Kier alpha value is -0.590. The van der Waals surface area contributed by atoms with E-state index in [1.165, 1.54) is 13.8 Å². The van der Waals surface area contributed by atoms with Gasteiger partial charge in [-0.15, -0.1) is 0 Å². The lowest BCUT2D eigenvalue weighted by Crippen LogP contribution is -2.56. The molecule has 0 aromatic heterocycles. The zero-order valence-electron chi connectivity index (χ0n) is 10.7. The summed E-state index contributed by atoms with van der Waals surface area (Å²) in [7, 11) is 0. The maximum Gasteiger partial charge on any atom is 0.339 e. The standard InChI is InChI=1S/C13H11Br2ClO4/c1-12(2)19-10(17)13(15,11(18)20-12)9(14)7-3-5-8(16)6-4-7/h3-6,9H,1-2H3. The van der Waals surface area contributed by atoms with Crippen LogP contribution in [0.15, 0.2) is 24.3 Å². The minimum Gasteiger partial charge on any atom is -0.422 e. The van der Waals surface area contributed by atoms with E-state index in [-0.39, 0.29) is 0 Å². The Morgan fingerprint density at radius 3 is 2.00 bits per heavy atom. The van der Waals surface area contributed by atoms with E-state index in [9.17, 15) is 9.59 Å². The van der Waals surface area contributed by atoms with E-state index in [1.807, 2.05) is 0 Å². The van der Waals surface area contributed by atoms with Gasteiger partial charge in [-0.05, 0) is 17.7 Å². The molecule has 1 atom stereocenters. The molecular weight excluding hydrogens is 415 g/mol. The molecule has 0 amide bonds. The lowest BCUT2D eigenvalue weighted by atomic mass is 9.98. The van der Waals surface area contributed by atoms with Gasteiger partial charge in [0.2, 0.25) is 4.32 Å². The highest BCUT2D eigenvalue weighted by atomic mass is 79.9. The smallest absolute Gasteiger partial charge is 0.339 e. The average molecular weight is 426 g/mol. The van der Waals surface area contributed by atoms with Gasteiger partial charge in [0.15, 0.2) is 0 Å². The first kappa shape index (κ1) is 15.8. The van der Waals surface area contributed by atoms with Gasteiger partial charge in [0, 0.05) is 18.9 Å². The van der Waals surface area contributed by atoms with E-state index in [0.717, 1.165) is 0 Å². The molecule has 0 N–H and O–H groups in total. The molecule has 1 aromatic rings. The van der Waals surface area contributed by atoms with E-state index >= 15 is 0 Å². The second-order valence-corrected chi connectivity index (χ2v) is 7.41. The summed E-state index contributed by atoms with van der Waals surface area (Å²) in [6, 6.07) is 6.77. The van der Waals surface area contributed by atoms with Crippen LogP contribution in [0.4, 0.5) is 0 Å². The number of carbonyl (C=O) groups excluding carboxylic acids is 2. The molecule has 20 heavy (non-hydrogen) atoms. The number of ether oxygens (including phenoxy) is 2. The third-order valence-electron chi connectivity index (χ3n) is 2.78. The van der Waals surface area contributed by atoms with Crippen LogP contribution in [0, 0.1) is 0 Å². The third-order valence-corrected chi connectivity index (χ3v) is 5.97. The average Bonchev–Trinajstić information content (AvgIpc) is 2.35. The van der Waals surface area contributed by atoms with E-state index < -0.39 is 26.9 Å². The second kappa shape index (κ2) is 5.31. The van der Waals surface area contributed by atoms with E-state index in [1.54, 1.807) is 24.3 Å². The van der Waals surface area contributed by atoms with Crippen LogP contribution in [-0.2, 0) is 19.1 Å². The van der Waals surface area contributed by atoms with Crippen molar-refractivity contribution in [3.8, 4) is 0 Å². The first-order valence-corrected chi connectivity index (χ1v) is 7.81. The van der Waals surface area contributed by atoms with Crippen LogP contribution in [0.1, 0.15) is 24.2 Å². The molecule has 0 bridgehead atoms. The topological polar surface area (TPSA) is 52.6 Å². The molecule has 0 aliphatic carbocycles. The predicted molar refractivity (Wildman–Crippen MR) is 81.0 cm³/mol. The highest BCUT2D eigenvalue weighted by Gasteiger charge is 2.59. The number of rotatable bonds is 2. The fourth-order valence-corrected chi connectivity index (χ4v) is 3.00. The fourth-order valence-electron chi connectivity index (χ4n) is 1.77. The molecule has 1 heterocycles. The van der Waals surface area contributed by atoms with E-state index in [2.05, 4.69) is 31.9 Å². The SMILES string of the molecule is CC1(C)OC(=O)C(Br)(C(Br)c2ccc(Cl)cc2)C(=O)O1. The highest BCUT2D eigenvalue weighted by Crippen LogP contribution is 2.46. The Morgan fingerprint density at radius 1 is 1.10 bits per heavy atom. The van der Waals surface area contributed by atoms with Gasteiger partial charge in [-0.1, -0.05) is 55.6 Å². The van der Waals surface area contributed by atoms with Crippen LogP contribution in [-0.4, -0.2) is 22.0 Å². The van der Waals surface area contributed by atoms with Crippen LogP contribution in [0.5, 0.6) is 0 Å². The Balaban J connectivity index is 2.36. The molecule has 1 saturated heterocycles. The van der Waals surface area contributed by atoms with Crippen LogP contribution < -0.4 is 0 Å². The number of benzene rings is 1. The van der Waals surface area contributed by atoms with Crippen molar-refractivity contribution >= 4 is 55.4 Å². The lowest BCUT2D eigenvalue weighted by Gasteiger charge is -2.39. The molecule has 0 spiro atoms. The number of halogens is 3. The maximum absolute atomic E-state index is 12.2. The van der Waals surface area contributed by atoms with Crippen molar-refractivity contribution in [2.24, 2.45) is 0 Å². The summed E-state index contributed by atoms with van der Waals surface area (Å²) >= 11 is 12.3. The maximum atomic E-state index is 12.2. The Morgan fingerprint density at radius 2 is 1.55 bits per heavy atom. The van der Waals surface area contributed by atoms with Crippen LogP contribution in [0.2, 0.25) is 5.02 Å². The monoisotopic (exact) mass is 424 g/mol. The number of hydrogen-bond donors (Lipinski definition) is 0. The summed E-state index contributed by atoms with van der Waals surface area (Å²) in [5.41, 5.74) is 0.694. The summed E-state index contributed by atoms with van der Waals surface area (Å²) in [6.07, 6.45) is 0. The zero-order chi connectivity index (χ0) is 15.1. The number of alkyl halides is 2. The fraction of sp³-hybridized carbons (Fsp3) is 0.385. The van der Waals surface area contributed by atoms with Crippen molar-refractivity contribution in [1.29, 1.82) is 0 Å². The largest absolute Gasteiger partial charge is 0.422 e. The predicted octanol–water partition coefficient (Wildman–Crippen LogP) is 3.75. The van der Waals surface area contributed by atoms with Crippen LogP contribution in [0.25, 0.3) is 0 Å². The van der Waals surface area contributed by atoms with Gasteiger partial charge >= 0.3 is 11.9 Å². The molecule has 7 heteroatoms. The van der Waals surface area contributed by atoms with E-state index in [4.69, 9.17) is 21.1 Å². The van der Waals surface area contributed by atoms with Crippen molar-refractivity contribution in [1.82, 2.24) is 0 Å². The quantitative estimate of drug-likeness (QED) is 0.411. The van der Waals surface area contributed by atoms with Gasteiger partial charge in [0.25, 0.3) is 5.79 Å². The summed E-state index contributed by atoms with van der Waals surface area (Å²) in [6.45, 7) is 3.00. The molecule has 1 fully saturated rings. The number of esters is 2. The summed E-state index contributed by atoms with van der Waals surface area (Å²) in [5, 5.41) is 0.562. The Labute approximate surface area is 138 Å². The summed E-state index contributed by atoms with van der Waals surface area (Å²) in [4.78, 5) is 23.7. The zero-order valence-corrected chi connectivity index (χ0v) is 14.6. The highest BCUT2D eigenvalue weighted by molar-refractivity contribution is 9.13. The van der Waals surface area contributed by atoms with Crippen LogP contribution >= 0.6 is 43.5 Å². The normalized spacial score (nSPS) is 21.9. The van der Waals surface area contributed by atoms with Gasteiger partial charge in [0.05, 0.1) is 4.83 Å². The molecule has 1 aliphatic heterocycles. The number of cyclic esters (lactones) is 2. The lowest BCUT2D eigenvalue weighted by molar-refractivity contribution is -0.236. The first-order valence-electron chi connectivity index (χ1n) is 5.72. The van der Waals surface area contributed by atoms with Gasteiger partial charge in [0.1, 0.15) is 0 Å². The molecular formula is C13H11Br2ClO4. The van der Waals surface area contributed by atoms with Gasteiger partial charge in [-0.3, -0.25) is 0 Å². The van der Waals surface area contributed by atoms with Crippen molar-refractivity contribution < 1.29 is 19.1 Å². The summed E-state index contributed by atoms with van der Waals surface area (Å²) in [5.74, 6) is -2.66. The summed E-state index contributed by atoms with van der Waals surface area (Å²) < 4.78 is 8.65. The van der Waals surface area contributed by atoms with Crippen molar-refractivity contribution in [2.45, 2.75) is 28.8 Å². The number of carbonyl (C=O) groups is 2. The molecule has 0 saturated carbocycles. The Bertz CT molecular complexity index is 536. The minimum absolute atomic E-state index is 0.562. The van der Waals surface area contributed by atoms with Crippen molar-refractivity contribution in [3.05, 3.63) is 34.9 Å². The molecule has 2 rings (SSSR count). The van der Waals surface area contributed by atoms with Gasteiger partial charge < -0.3 is 9.47 Å². The van der Waals surface area contributed by atoms with Crippen molar-refractivity contribution in [3.63, 3.8) is 0 Å². The van der Waals surface area contributed by atoms with Crippen molar-refractivity contribution in [2.75, 3.05) is 0 Å². The van der Waals surface area contributed by atoms with E-state index in [0.29, 0.717) is 10.6 Å². The molecule has 108 valence electrons. The molecule has 1 unspecified atom stereocenters. The molecule has 0 radical (unpaired) electrons.